The molecular formula is C14H18N6O. The van der Waals surface area contributed by atoms with Crippen molar-refractivity contribution in [3.8, 4) is 0 Å². The molecule has 0 aliphatic carbocycles. The molecule has 0 aliphatic rings. The van der Waals surface area contributed by atoms with Gasteiger partial charge < -0.3 is 9.73 Å². The van der Waals surface area contributed by atoms with Crippen molar-refractivity contribution in [1.82, 2.24) is 24.6 Å². The van der Waals surface area contributed by atoms with Crippen LogP contribution in [0.15, 0.2) is 29.0 Å². The largest absolute Gasteiger partial charge is 0.468 e. The van der Waals surface area contributed by atoms with Crippen LogP contribution in [-0.4, -0.2) is 38.7 Å². The number of hydrogen-bond donors (Lipinski definition) is 1. The summed E-state index contributed by atoms with van der Waals surface area (Å²) in [5, 5.41) is 8.26. The van der Waals surface area contributed by atoms with Crippen molar-refractivity contribution in [3.05, 3.63) is 36.2 Å². The first-order valence-electron chi connectivity index (χ1n) is 6.74. The van der Waals surface area contributed by atoms with E-state index in [2.05, 4.69) is 25.3 Å². The summed E-state index contributed by atoms with van der Waals surface area (Å²) in [4.78, 5) is 11.3. The molecule has 7 heteroatoms. The number of anilines is 1. The van der Waals surface area contributed by atoms with Gasteiger partial charge in [-0.25, -0.2) is 9.97 Å². The smallest absolute Gasteiger partial charge is 0.163 e. The molecule has 0 radical (unpaired) electrons. The van der Waals surface area contributed by atoms with Crippen LogP contribution >= 0.6 is 0 Å². The molecule has 0 bridgehead atoms. The van der Waals surface area contributed by atoms with Crippen LogP contribution in [0.1, 0.15) is 11.6 Å². The Bertz CT molecular complexity index is 733. The fourth-order valence-electron chi connectivity index (χ4n) is 2.29. The van der Waals surface area contributed by atoms with Crippen molar-refractivity contribution in [2.75, 3.05) is 19.4 Å². The molecule has 0 aromatic carbocycles. The van der Waals surface area contributed by atoms with E-state index >= 15 is 0 Å². The minimum atomic E-state index is 0.635. The Morgan fingerprint density at radius 1 is 1.33 bits per heavy atom. The topological polar surface area (TPSA) is 72.0 Å². The molecule has 3 heterocycles. The van der Waals surface area contributed by atoms with Gasteiger partial charge in [-0.15, -0.1) is 0 Å². The van der Waals surface area contributed by atoms with Crippen LogP contribution in [0.25, 0.3) is 11.0 Å². The van der Waals surface area contributed by atoms with Gasteiger partial charge in [0.05, 0.1) is 30.9 Å². The van der Waals surface area contributed by atoms with E-state index in [9.17, 15) is 0 Å². The van der Waals surface area contributed by atoms with Gasteiger partial charge in [-0.3, -0.25) is 9.58 Å². The Morgan fingerprint density at radius 2 is 2.19 bits per heavy atom. The van der Waals surface area contributed by atoms with E-state index in [0.29, 0.717) is 13.1 Å². The van der Waals surface area contributed by atoms with Crippen LogP contribution in [0, 0.1) is 0 Å². The zero-order valence-electron chi connectivity index (χ0n) is 12.4. The van der Waals surface area contributed by atoms with E-state index in [1.165, 1.54) is 0 Å². The molecule has 21 heavy (non-hydrogen) atoms. The van der Waals surface area contributed by atoms with Crippen molar-refractivity contribution >= 4 is 16.9 Å². The van der Waals surface area contributed by atoms with Gasteiger partial charge in [-0.2, -0.15) is 5.10 Å². The molecule has 0 fully saturated rings. The summed E-state index contributed by atoms with van der Waals surface area (Å²) in [6, 6.07) is 3.85. The summed E-state index contributed by atoms with van der Waals surface area (Å²) >= 11 is 0. The summed E-state index contributed by atoms with van der Waals surface area (Å²) in [6.07, 6.45) is 3.46. The molecule has 1 N–H and O–H groups in total. The van der Waals surface area contributed by atoms with Gasteiger partial charge in [0.2, 0.25) is 0 Å². The lowest BCUT2D eigenvalue weighted by molar-refractivity contribution is 0.281. The summed E-state index contributed by atoms with van der Waals surface area (Å²) in [5.74, 6) is 2.48. The van der Waals surface area contributed by atoms with Gasteiger partial charge in [0.25, 0.3) is 0 Å². The number of aryl methyl sites for hydroxylation is 1. The van der Waals surface area contributed by atoms with E-state index in [4.69, 9.17) is 4.42 Å². The molecule has 0 unspecified atom stereocenters. The number of aromatic nitrogens is 4. The molecule has 0 aliphatic heterocycles. The highest BCUT2D eigenvalue weighted by Crippen LogP contribution is 2.19. The minimum Gasteiger partial charge on any atom is -0.468 e. The number of fused-ring (bicyclic) bond motifs is 1. The first-order chi connectivity index (χ1) is 10.2. The minimum absolute atomic E-state index is 0.635. The number of nitrogens with one attached hydrogen (secondary N) is 1. The zero-order valence-corrected chi connectivity index (χ0v) is 12.4. The van der Waals surface area contributed by atoms with Crippen LogP contribution in [0.3, 0.4) is 0 Å². The first kappa shape index (κ1) is 13.6. The maximum absolute atomic E-state index is 5.35. The van der Waals surface area contributed by atoms with Crippen LogP contribution in [0.4, 0.5) is 5.82 Å². The fraction of sp³-hybridized carbons (Fsp3) is 0.357. The summed E-state index contributed by atoms with van der Waals surface area (Å²) in [5.41, 5.74) is 0.829. The number of rotatable bonds is 5. The van der Waals surface area contributed by atoms with E-state index < -0.39 is 0 Å². The number of nitrogens with zero attached hydrogens (tertiary/aromatic N) is 5. The van der Waals surface area contributed by atoms with Crippen molar-refractivity contribution in [2.45, 2.75) is 13.1 Å². The molecule has 7 nitrogen and oxygen atoms in total. The lowest BCUT2D eigenvalue weighted by Crippen LogP contribution is -2.19. The zero-order chi connectivity index (χ0) is 14.8. The fourth-order valence-corrected chi connectivity index (χ4v) is 2.29. The van der Waals surface area contributed by atoms with E-state index in [1.54, 1.807) is 17.1 Å². The van der Waals surface area contributed by atoms with Crippen molar-refractivity contribution in [1.29, 1.82) is 0 Å². The number of hydrogen-bond acceptors (Lipinski definition) is 6. The summed E-state index contributed by atoms with van der Waals surface area (Å²) in [7, 11) is 5.74. The SMILES string of the molecule is CNc1nc(CN(C)Cc2ccco2)nc2c1cnn2C. The molecule has 3 aromatic heterocycles. The van der Waals surface area contributed by atoms with Gasteiger partial charge in [-0.05, 0) is 19.2 Å². The molecule has 0 atom stereocenters. The van der Waals surface area contributed by atoms with Crippen LogP contribution in [0.5, 0.6) is 0 Å². The molecular weight excluding hydrogens is 268 g/mol. The molecule has 3 aromatic rings. The maximum atomic E-state index is 5.35. The van der Waals surface area contributed by atoms with Crippen LogP contribution in [0.2, 0.25) is 0 Å². The predicted molar refractivity (Wildman–Crippen MR) is 79.7 cm³/mol. The molecule has 0 amide bonds. The van der Waals surface area contributed by atoms with Crippen molar-refractivity contribution in [3.63, 3.8) is 0 Å². The highest BCUT2D eigenvalue weighted by Gasteiger charge is 2.12. The Labute approximate surface area is 122 Å². The Morgan fingerprint density at radius 3 is 2.90 bits per heavy atom. The average Bonchev–Trinajstić information content (AvgIpc) is 3.09. The third kappa shape index (κ3) is 2.73. The lowest BCUT2D eigenvalue weighted by Gasteiger charge is -2.14. The summed E-state index contributed by atoms with van der Waals surface area (Å²) < 4.78 is 7.11. The lowest BCUT2D eigenvalue weighted by atomic mass is 10.3. The van der Waals surface area contributed by atoms with Gasteiger partial charge in [0.1, 0.15) is 17.4 Å². The molecule has 3 rings (SSSR count). The van der Waals surface area contributed by atoms with Gasteiger partial charge >= 0.3 is 0 Å². The van der Waals surface area contributed by atoms with Crippen molar-refractivity contribution < 1.29 is 4.42 Å². The quantitative estimate of drug-likeness (QED) is 0.768. The van der Waals surface area contributed by atoms with Crippen LogP contribution in [-0.2, 0) is 20.1 Å². The van der Waals surface area contributed by atoms with E-state index in [1.807, 2.05) is 33.3 Å². The highest BCUT2D eigenvalue weighted by molar-refractivity contribution is 5.86. The standard InChI is InChI=1S/C14H18N6O/c1-15-13-11-7-16-20(3)14(11)18-12(17-13)9-19(2)8-10-5-4-6-21-10/h4-7H,8-9H2,1-3H3,(H,15,17,18). The second-order valence-electron chi connectivity index (χ2n) is 5.00. The second kappa shape index (κ2) is 5.53. The predicted octanol–water partition coefficient (Wildman–Crippen LogP) is 1.63. The van der Waals surface area contributed by atoms with E-state index in [0.717, 1.165) is 28.4 Å². The third-order valence-corrected chi connectivity index (χ3v) is 3.29. The highest BCUT2D eigenvalue weighted by atomic mass is 16.3. The van der Waals surface area contributed by atoms with E-state index in [-0.39, 0.29) is 0 Å². The summed E-state index contributed by atoms with van der Waals surface area (Å²) in [6.45, 7) is 1.35. The maximum Gasteiger partial charge on any atom is 0.163 e. The molecule has 0 saturated heterocycles. The Hall–Kier alpha value is -2.41. The molecule has 0 spiro atoms. The Kier molecular flexibility index (Phi) is 3.57. The van der Waals surface area contributed by atoms with Gasteiger partial charge in [0, 0.05) is 14.1 Å². The van der Waals surface area contributed by atoms with Gasteiger partial charge in [0.15, 0.2) is 5.65 Å². The number of furan rings is 1. The molecule has 0 saturated carbocycles. The Balaban J connectivity index is 1.84. The second-order valence-corrected chi connectivity index (χ2v) is 5.00. The molecule has 110 valence electrons. The van der Waals surface area contributed by atoms with Gasteiger partial charge in [-0.1, -0.05) is 0 Å². The monoisotopic (exact) mass is 286 g/mol. The first-order valence-corrected chi connectivity index (χ1v) is 6.74. The normalized spacial score (nSPS) is 11.4. The average molecular weight is 286 g/mol. The van der Waals surface area contributed by atoms with Crippen LogP contribution < -0.4 is 5.32 Å². The third-order valence-electron chi connectivity index (χ3n) is 3.29. The van der Waals surface area contributed by atoms with Crippen molar-refractivity contribution in [2.24, 2.45) is 7.05 Å².